The molecule has 14 heteroatoms. The highest BCUT2D eigenvalue weighted by atomic mass is 19.1. The highest BCUT2D eigenvalue weighted by Gasteiger charge is 2.29. The van der Waals surface area contributed by atoms with Crippen molar-refractivity contribution in [3.63, 3.8) is 0 Å². The number of amides is 1. The largest absolute Gasteiger partial charge is 0.493 e. The van der Waals surface area contributed by atoms with Gasteiger partial charge in [-0.15, -0.1) is 0 Å². The molecule has 3 aromatic carbocycles. The Kier molecular flexibility index (Phi) is 11.2. The lowest BCUT2D eigenvalue weighted by Gasteiger charge is -2.34. The summed E-state index contributed by atoms with van der Waals surface area (Å²) in [5, 5.41) is 2.78. The molecule has 7 rings (SSSR count). The van der Waals surface area contributed by atoms with Crippen molar-refractivity contribution < 1.29 is 37.3 Å². The number of methoxy groups -OCH3 is 1. The highest BCUT2D eigenvalue weighted by molar-refractivity contribution is 6.04. The first-order chi connectivity index (χ1) is 26.6. The summed E-state index contributed by atoms with van der Waals surface area (Å²) in [6.07, 6.45) is 5.48. The van der Waals surface area contributed by atoms with Gasteiger partial charge in [-0.2, -0.15) is 0 Å². The lowest BCUT2D eigenvalue weighted by Crippen LogP contribution is -2.48. The average molecular weight is 754 g/mol. The predicted molar refractivity (Wildman–Crippen MR) is 203 cm³/mol. The number of hydrogen-bond acceptors (Lipinski definition) is 10. The zero-order valence-electron chi connectivity index (χ0n) is 30.2. The van der Waals surface area contributed by atoms with E-state index in [0.717, 1.165) is 22.8 Å². The number of anilines is 2. The smallest absolute Gasteiger partial charge is 0.261 e. The molecule has 2 aliphatic heterocycles. The number of aromatic nitrogens is 2. The van der Waals surface area contributed by atoms with Gasteiger partial charge in [-0.05, 0) is 66.4 Å². The van der Waals surface area contributed by atoms with Crippen LogP contribution < -0.4 is 31.7 Å². The zero-order valence-corrected chi connectivity index (χ0v) is 30.2. The van der Waals surface area contributed by atoms with Crippen molar-refractivity contribution in [2.45, 2.75) is 31.0 Å². The van der Waals surface area contributed by atoms with Crippen LogP contribution in [0.2, 0.25) is 0 Å². The first-order valence-corrected chi connectivity index (χ1v) is 17.8. The predicted octanol–water partition coefficient (Wildman–Crippen LogP) is 5.67. The van der Waals surface area contributed by atoms with Crippen molar-refractivity contribution >= 4 is 17.4 Å². The number of nitrogens with two attached hydrogens (primary N) is 2. The van der Waals surface area contributed by atoms with E-state index in [1.54, 1.807) is 42.1 Å². The summed E-state index contributed by atoms with van der Waals surface area (Å²) in [6, 6.07) is 17.3. The third kappa shape index (κ3) is 8.68. The van der Waals surface area contributed by atoms with Crippen LogP contribution in [0.1, 0.15) is 23.2 Å². The van der Waals surface area contributed by atoms with Gasteiger partial charge in [0.15, 0.2) is 11.5 Å². The van der Waals surface area contributed by atoms with Gasteiger partial charge in [0.25, 0.3) is 5.91 Å². The van der Waals surface area contributed by atoms with E-state index >= 15 is 0 Å². The summed E-state index contributed by atoms with van der Waals surface area (Å²) >= 11 is 0. The van der Waals surface area contributed by atoms with E-state index in [4.69, 9.17) is 35.2 Å². The van der Waals surface area contributed by atoms with Gasteiger partial charge < -0.3 is 45.0 Å². The maximum Gasteiger partial charge on any atom is 0.261 e. The number of nitrogen functional groups attached to an aromatic ring is 1. The van der Waals surface area contributed by atoms with E-state index in [-0.39, 0.29) is 29.3 Å². The summed E-state index contributed by atoms with van der Waals surface area (Å²) < 4.78 is 58.5. The molecule has 5 N–H and O–H groups in total. The monoisotopic (exact) mass is 753 g/mol. The van der Waals surface area contributed by atoms with Crippen LogP contribution in [0.3, 0.4) is 0 Å². The van der Waals surface area contributed by atoms with Gasteiger partial charge in [-0.1, -0.05) is 18.2 Å². The Labute approximate surface area is 315 Å². The van der Waals surface area contributed by atoms with E-state index < -0.39 is 28.5 Å². The standard InChI is InChI=1S/C41H41F2N5O7/c1-51-37-17-26(4-9-36(37)55-23-30-22-53-14-15-54-30)27-16-32(39(44)46-19-27)25-2-6-29(7-3-25)47-40(50)34-21-48(24-41(45)10-12-52-13-11-41)20-33(38(34)49)31-8-5-28(42)18-35(31)43/h2-9,16-21,30H,10-15,22-24,45H2,1H3,(H2,44,46)(H,47,50)/t30-/m1/s1. The molecule has 0 bridgehead atoms. The summed E-state index contributed by atoms with van der Waals surface area (Å²) in [6.45, 7) is 3.07. The topological polar surface area (TPSA) is 162 Å². The zero-order chi connectivity index (χ0) is 38.5. The van der Waals surface area contributed by atoms with Crippen LogP contribution in [-0.2, 0) is 20.8 Å². The molecular formula is C41H41F2N5O7. The van der Waals surface area contributed by atoms with Gasteiger partial charge >= 0.3 is 0 Å². The Bertz CT molecular complexity index is 2240. The van der Waals surface area contributed by atoms with Crippen molar-refractivity contribution in [1.29, 1.82) is 0 Å². The highest BCUT2D eigenvalue weighted by Crippen LogP contribution is 2.36. The first-order valence-electron chi connectivity index (χ1n) is 17.8. The minimum Gasteiger partial charge on any atom is -0.493 e. The van der Waals surface area contributed by atoms with Crippen LogP contribution in [0.15, 0.2) is 90.1 Å². The van der Waals surface area contributed by atoms with E-state index in [1.807, 2.05) is 24.3 Å². The van der Waals surface area contributed by atoms with Crippen LogP contribution in [0, 0.1) is 11.6 Å². The SMILES string of the molecule is COc1cc(-c2cnc(N)c(-c3ccc(NC(=O)c4cn(CC5(N)CCOCC5)cc(-c5ccc(F)cc5F)c4=O)cc3)c2)ccc1OC[C@H]1COCCO1. The van der Waals surface area contributed by atoms with Crippen LogP contribution in [-0.4, -0.2) is 73.9 Å². The molecule has 0 saturated carbocycles. The van der Waals surface area contributed by atoms with E-state index in [0.29, 0.717) is 87.1 Å². The van der Waals surface area contributed by atoms with Crippen LogP contribution in [0.5, 0.6) is 11.5 Å². The normalized spacial score (nSPS) is 16.7. The van der Waals surface area contributed by atoms with Crippen molar-refractivity contribution in [3.8, 4) is 44.9 Å². The van der Waals surface area contributed by atoms with Gasteiger partial charge in [0, 0.05) is 77.9 Å². The second-order valence-electron chi connectivity index (χ2n) is 13.6. The molecule has 1 amide bonds. The first kappa shape index (κ1) is 37.6. The molecule has 0 spiro atoms. The van der Waals surface area contributed by atoms with E-state index in [2.05, 4.69) is 10.3 Å². The van der Waals surface area contributed by atoms with Gasteiger partial charge in [-0.3, -0.25) is 9.59 Å². The molecule has 55 heavy (non-hydrogen) atoms. The van der Waals surface area contributed by atoms with Gasteiger partial charge in [0.1, 0.15) is 35.7 Å². The minimum atomic E-state index is -0.926. The number of rotatable bonds is 11. The molecular weight excluding hydrogens is 712 g/mol. The van der Waals surface area contributed by atoms with Gasteiger partial charge in [-0.25, -0.2) is 13.8 Å². The summed E-state index contributed by atoms with van der Waals surface area (Å²) in [4.78, 5) is 31.8. The molecule has 2 aliphatic rings. The molecule has 4 heterocycles. The molecule has 2 saturated heterocycles. The summed E-state index contributed by atoms with van der Waals surface area (Å²) in [5.41, 5.74) is 14.5. The lowest BCUT2D eigenvalue weighted by atomic mass is 9.91. The number of nitrogens with one attached hydrogen (secondary N) is 1. The number of hydrogen-bond donors (Lipinski definition) is 3. The summed E-state index contributed by atoms with van der Waals surface area (Å²) in [7, 11) is 1.57. The van der Waals surface area contributed by atoms with Crippen molar-refractivity contribution in [3.05, 3.63) is 113 Å². The van der Waals surface area contributed by atoms with E-state index in [1.165, 1.54) is 18.5 Å². The number of pyridine rings is 2. The summed E-state index contributed by atoms with van der Waals surface area (Å²) in [5.74, 6) is -1.02. The van der Waals surface area contributed by atoms with Crippen molar-refractivity contribution in [2.75, 3.05) is 57.8 Å². The van der Waals surface area contributed by atoms with Crippen molar-refractivity contribution in [2.24, 2.45) is 5.73 Å². The van der Waals surface area contributed by atoms with Gasteiger partial charge in [0.05, 0.1) is 26.9 Å². The fourth-order valence-corrected chi connectivity index (χ4v) is 6.66. The maximum absolute atomic E-state index is 15.0. The Morgan fingerprint density at radius 3 is 2.42 bits per heavy atom. The maximum atomic E-state index is 15.0. The molecule has 0 aliphatic carbocycles. The Morgan fingerprint density at radius 2 is 1.69 bits per heavy atom. The van der Waals surface area contributed by atoms with Gasteiger partial charge in [0.2, 0.25) is 5.43 Å². The number of carbonyl (C=O) groups is 1. The molecule has 0 unspecified atom stereocenters. The fraction of sp³-hybridized carbons (Fsp3) is 0.293. The molecule has 5 aromatic rings. The fourth-order valence-electron chi connectivity index (χ4n) is 6.66. The second-order valence-corrected chi connectivity index (χ2v) is 13.6. The minimum absolute atomic E-state index is 0.0945. The molecule has 1 atom stereocenters. The third-order valence-corrected chi connectivity index (χ3v) is 9.71. The van der Waals surface area contributed by atoms with Crippen LogP contribution in [0.25, 0.3) is 33.4 Å². The number of ether oxygens (including phenoxy) is 5. The number of carbonyl (C=O) groups excluding carboxylic acids is 1. The number of benzene rings is 3. The molecule has 286 valence electrons. The van der Waals surface area contributed by atoms with Crippen molar-refractivity contribution in [1.82, 2.24) is 9.55 Å². The van der Waals surface area contributed by atoms with Crippen LogP contribution >= 0.6 is 0 Å². The molecule has 0 radical (unpaired) electrons. The molecule has 2 fully saturated rings. The molecule has 12 nitrogen and oxygen atoms in total. The molecule has 2 aromatic heterocycles. The third-order valence-electron chi connectivity index (χ3n) is 9.71. The Balaban J connectivity index is 1.11. The quantitative estimate of drug-likeness (QED) is 0.153. The number of halogens is 2. The van der Waals surface area contributed by atoms with E-state index in [9.17, 15) is 18.4 Å². The van der Waals surface area contributed by atoms with Crippen LogP contribution in [0.4, 0.5) is 20.3 Å². The number of nitrogens with zero attached hydrogens (tertiary/aromatic N) is 2. The Hall–Kier alpha value is -5.67. The second kappa shape index (κ2) is 16.4. The lowest BCUT2D eigenvalue weighted by molar-refractivity contribution is -0.101. The Morgan fingerprint density at radius 1 is 0.909 bits per heavy atom. The average Bonchev–Trinajstić information content (AvgIpc) is 3.19.